The largest absolute Gasteiger partial charge is 0.324 e. The van der Waals surface area contributed by atoms with Gasteiger partial charge in [-0.05, 0) is 43.6 Å². The average Bonchev–Trinajstić information content (AvgIpc) is 2.46. The van der Waals surface area contributed by atoms with Gasteiger partial charge in [0.15, 0.2) is 0 Å². The molecule has 2 aromatic carbocycles. The first kappa shape index (κ1) is 14.8. The summed E-state index contributed by atoms with van der Waals surface area (Å²) in [5, 5.41) is 0. The smallest absolute Gasteiger partial charge is 0.0309 e. The van der Waals surface area contributed by atoms with Crippen molar-refractivity contribution >= 4 is 0 Å². The molecule has 0 aliphatic rings. The summed E-state index contributed by atoms with van der Waals surface area (Å²) in [6, 6.07) is 19.1. The molecule has 2 aromatic rings. The number of nitrogens with two attached hydrogens (primary N) is 1. The Hall–Kier alpha value is -1.64. The number of benzene rings is 2. The molecule has 20 heavy (non-hydrogen) atoms. The molecule has 0 fully saturated rings. The maximum Gasteiger partial charge on any atom is 0.0309 e. The lowest BCUT2D eigenvalue weighted by molar-refractivity contribution is 0.311. The molecular weight excluding hydrogens is 244 g/mol. The molecule has 2 nitrogen and oxygen atoms in total. The van der Waals surface area contributed by atoms with Crippen LogP contribution in [-0.4, -0.2) is 18.5 Å². The van der Waals surface area contributed by atoms with Crippen LogP contribution in [0.15, 0.2) is 54.6 Å². The Morgan fingerprint density at radius 3 is 2.35 bits per heavy atom. The molecule has 106 valence electrons. The SMILES string of the molecule is Cc1ccccc1C(N)CCN(C)Cc1ccccc1. The van der Waals surface area contributed by atoms with Crippen LogP contribution in [0.2, 0.25) is 0 Å². The van der Waals surface area contributed by atoms with E-state index >= 15 is 0 Å². The second-order valence-electron chi connectivity index (χ2n) is 5.48. The molecule has 2 heteroatoms. The van der Waals surface area contributed by atoms with Crippen LogP contribution in [-0.2, 0) is 6.54 Å². The molecule has 0 aliphatic heterocycles. The number of hydrogen-bond donors (Lipinski definition) is 1. The molecule has 0 spiro atoms. The number of rotatable bonds is 6. The molecule has 0 bridgehead atoms. The molecule has 1 unspecified atom stereocenters. The molecule has 1 atom stereocenters. The van der Waals surface area contributed by atoms with Crippen molar-refractivity contribution in [1.82, 2.24) is 4.90 Å². The van der Waals surface area contributed by atoms with Gasteiger partial charge in [-0.15, -0.1) is 0 Å². The highest BCUT2D eigenvalue weighted by Crippen LogP contribution is 2.18. The molecule has 0 saturated carbocycles. The van der Waals surface area contributed by atoms with E-state index in [4.69, 9.17) is 5.73 Å². The van der Waals surface area contributed by atoms with Gasteiger partial charge in [0.05, 0.1) is 0 Å². The molecular formula is C18H24N2. The standard InChI is InChI=1S/C18H24N2/c1-15-8-6-7-11-17(15)18(19)12-13-20(2)14-16-9-4-3-5-10-16/h3-11,18H,12-14,19H2,1-2H3. The topological polar surface area (TPSA) is 29.3 Å². The van der Waals surface area contributed by atoms with Crippen molar-refractivity contribution in [3.63, 3.8) is 0 Å². The summed E-state index contributed by atoms with van der Waals surface area (Å²) >= 11 is 0. The van der Waals surface area contributed by atoms with Crippen molar-refractivity contribution in [3.05, 3.63) is 71.3 Å². The lowest BCUT2D eigenvalue weighted by Crippen LogP contribution is -2.23. The third-order valence-electron chi connectivity index (χ3n) is 3.71. The summed E-state index contributed by atoms with van der Waals surface area (Å²) in [4.78, 5) is 2.33. The highest BCUT2D eigenvalue weighted by Gasteiger charge is 2.09. The number of aryl methyl sites for hydroxylation is 1. The van der Waals surface area contributed by atoms with Gasteiger partial charge in [0.25, 0.3) is 0 Å². The first-order valence-electron chi connectivity index (χ1n) is 7.20. The minimum atomic E-state index is 0.120. The summed E-state index contributed by atoms with van der Waals surface area (Å²) in [5.74, 6) is 0. The molecule has 2 rings (SSSR count). The van der Waals surface area contributed by atoms with E-state index in [2.05, 4.69) is 73.5 Å². The molecule has 0 radical (unpaired) electrons. The zero-order valence-corrected chi connectivity index (χ0v) is 12.4. The van der Waals surface area contributed by atoms with Gasteiger partial charge in [-0.3, -0.25) is 0 Å². The van der Waals surface area contributed by atoms with E-state index in [-0.39, 0.29) is 6.04 Å². The maximum atomic E-state index is 6.31. The van der Waals surface area contributed by atoms with E-state index < -0.39 is 0 Å². The van der Waals surface area contributed by atoms with Gasteiger partial charge in [-0.1, -0.05) is 54.6 Å². The fraction of sp³-hybridized carbons (Fsp3) is 0.333. The summed E-state index contributed by atoms with van der Waals surface area (Å²) in [6.45, 7) is 4.11. The second-order valence-corrected chi connectivity index (χ2v) is 5.48. The summed E-state index contributed by atoms with van der Waals surface area (Å²) in [6.07, 6.45) is 0.980. The quantitative estimate of drug-likeness (QED) is 0.868. The van der Waals surface area contributed by atoms with Crippen LogP contribution in [0, 0.1) is 6.92 Å². The van der Waals surface area contributed by atoms with Crippen molar-refractivity contribution in [2.45, 2.75) is 25.9 Å². The van der Waals surface area contributed by atoms with Gasteiger partial charge < -0.3 is 10.6 Å². The number of nitrogens with zero attached hydrogens (tertiary/aromatic N) is 1. The first-order chi connectivity index (χ1) is 9.66. The van der Waals surface area contributed by atoms with Gasteiger partial charge in [-0.2, -0.15) is 0 Å². The van der Waals surface area contributed by atoms with Crippen molar-refractivity contribution < 1.29 is 0 Å². The Labute approximate surface area is 122 Å². The van der Waals surface area contributed by atoms with E-state index in [0.29, 0.717) is 0 Å². The van der Waals surface area contributed by atoms with Crippen molar-refractivity contribution in [2.24, 2.45) is 5.73 Å². The fourth-order valence-electron chi connectivity index (χ4n) is 2.49. The van der Waals surface area contributed by atoms with Gasteiger partial charge in [0, 0.05) is 12.6 Å². The van der Waals surface area contributed by atoms with Gasteiger partial charge in [0.1, 0.15) is 0 Å². The van der Waals surface area contributed by atoms with Gasteiger partial charge in [0.2, 0.25) is 0 Å². The zero-order chi connectivity index (χ0) is 14.4. The molecule has 2 N–H and O–H groups in total. The van der Waals surface area contributed by atoms with Crippen molar-refractivity contribution in [2.75, 3.05) is 13.6 Å². The van der Waals surface area contributed by atoms with Crippen molar-refractivity contribution in [3.8, 4) is 0 Å². The lowest BCUT2D eigenvalue weighted by atomic mass is 9.99. The third-order valence-corrected chi connectivity index (χ3v) is 3.71. The Bertz CT molecular complexity index is 522. The van der Waals surface area contributed by atoms with Crippen molar-refractivity contribution in [1.29, 1.82) is 0 Å². The van der Waals surface area contributed by atoms with E-state index in [1.54, 1.807) is 0 Å². The summed E-state index contributed by atoms with van der Waals surface area (Å²) < 4.78 is 0. The minimum absolute atomic E-state index is 0.120. The molecule has 0 aliphatic carbocycles. The van der Waals surface area contributed by atoms with Crippen LogP contribution in [0.4, 0.5) is 0 Å². The van der Waals surface area contributed by atoms with Crippen LogP contribution in [0.5, 0.6) is 0 Å². The van der Waals surface area contributed by atoms with E-state index in [1.807, 2.05) is 0 Å². The predicted octanol–water partition coefficient (Wildman–Crippen LogP) is 3.52. The average molecular weight is 268 g/mol. The minimum Gasteiger partial charge on any atom is -0.324 e. The Morgan fingerprint density at radius 1 is 1.00 bits per heavy atom. The summed E-state index contributed by atoms with van der Waals surface area (Å²) in [5.41, 5.74) is 10.2. The van der Waals surface area contributed by atoms with Gasteiger partial charge >= 0.3 is 0 Å². The second kappa shape index (κ2) is 7.22. The molecule has 0 heterocycles. The van der Waals surface area contributed by atoms with E-state index in [1.165, 1.54) is 16.7 Å². The molecule has 0 amide bonds. The van der Waals surface area contributed by atoms with Crippen LogP contribution < -0.4 is 5.73 Å². The molecule has 0 aromatic heterocycles. The Kier molecular flexibility index (Phi) is 5.33. The molecule has 0 saturated heterocycles. The predicted molar refractivity (Wildman–Crippen MR) is 85.5 cm³/mol. The Morgan fingerprint density at radius 2 is 1.65 bits per heavy atom. The highest BCUT2D eigenvalue weighted by molar-refractivity contribution is 5.28. The maximum absolute atomic E-state index is 6.31. The van der Waals surface area contributed by atoms with E-state index in [9.17, 15) is 0 Å². The van der Waals surface area contributed by atoms with E-state index in [0.717, 1.165) is 19.5 Å². The van der Waals surface area contributed by atoms with Crippen LogP contribution in [0.3, 0.4) is 0 Å². The van der Waals surface area contributed by atoms with Crippen LogP contribution in [0.1, 0.15) is 29.2 Å². The highest BCUT2D eigenvalue weighted by atomic mass is 15.1. The fourth-order valence-corrected chi connectivity index (χ4v) is 2.49. The van der Waals surface area contributed by atoms with Gasteiger partial charge in [-0.25, -0.2) is 0 Å². The third kappa shape index (κ3) is 4.19. The van der Waals surface area contributed by atoms with Crippen LogP contribution in [0.25, 0.3) is 0 Å². The lowest BCUT2D eigenvalue weighted by Gasteiger charge is -2.20. The Balaban J connectivity index is 1.84. The zero-order valence-electron chi connectivity index (χ0n) is 12.4. The normalized spacial score (nSPS) is 12.6. The summed E-state index contributed by atoms with van der Waals surface area (Å²) in [7, 11) is 2.15. The van der Waals surface area contributed by atoms with Crippen LogP contribution >= 0.6 is 0 Å². The number of hydrogen-bond acceptors (Lipinski definition) is 2. The monoisotopic (exact) mass is 268 g/mol. The first-order valence-corrected chi connectivity index (χ1v) is 7.20.